The number of pyridine rings is 1. The van der Waals surface area contributed by atoms with Gasteiger partial charge in [-0.05, 0) is 68.8 Å². The molecule has 1 aliphatic rings. The summed E-state index contributed by atoms with van der Waals surface area (Å²) in [6, 6.07) is 13.0. The number of furan rings is 1. The van der Waals surface area contributed by atoms with E-state index in [0.29, 0.717) is 22.8 Å². The summed E-state index contributed by atoms with van der Waals surface area (Å²) in [5.74, 6) is -0.0183. The zero-order valence-corrected chi connectivity index (χ0v) is 18.1. The minimum Gasteiger partial charge on any atom is -0.507 e. The van der Waals surface area contributed by atoms with Crippen LogP contribution in [0.1, 0.15) is 42.5 Å². The van der Waals surface area contributed by atoms with Gasteiger partial charge in [0.25, 0.3) is 11.7 Å². The molecule has 4 rings (SSSR count). The van der Waals surface area contributed by atoms with Crippen molar-refractivity contribution in [2.75, 3.05) is 0 Å². The van der Waals surface area contributed by atoms with Gasteiger partial charge in [-0.1, -0.05) is 6.07 Å². The number of aryl methyl sites for hydroxylation is 1. The Labute approximate surface area is 186 Å². The standard InChI is InChI=1S/C25H24N2O5/c1-15(2)31-19-9-7-18(8-10-19)23(28)21-22(20-11-6-16(3)32-20)27(25(30)24(21)29)14-17-5-4-12-26-13-17/h4-13,15,22,28H,14H2,1-3H3/b23-21+. The molecule has 1 amide bonds. The van der Waals surface area contributed by atoms with Crippen LogP contribution >= 0.6 is 0 Å². The number of aromatic nitrogens is 1. The molecule has 1 aromatic carbocycles. The number of rotatable bonds is 6. The third kappa shape index (κ3) is 4.14. The number of likely N-dealkylation sites (tertiary alicyclic amines) is 1. The average Bonchev–Trinajstić information content (AvgIpc) is 3.30. The van der Waals surface area contributed by atoms with E-state index in [9.17, 15) is 14.7 Å². The summed E-state index contributed by atoms with van der Waals surface area (Å²) >= 11 is 0. The van der Waals surface area contributed by atoms with E-state index < -0.39 is 17.7 Å². The molecule has 0 saturated carbocycles. The predicted molar refractivity (Wildman–Crippen MR) is 118 cm³/mol. The Bertz CT molecular complexity index is 1160. The Hall–Kier alpha value is -3.87. The van der Waals surface area contributed by atoms with Crippen LogP contribution in [-0.2, 0) is 16.1 Å². The number of nitrogens with zero attached hydrogens (tertiary/aromatic N) is 2. The number of hydrogen-bond donors (Lipinski definition) is 1. The second kappa shape index (κ2) is 8.70. The highest BCUT2D eigenvalue weighted by atomic mass is 16.5. The quantitative estimate of drug-likeness (QED) is 0.353. The molecule has 32 heavy (non-hydrogen) atoms. The van der Waals surface area contributed by atoms with Gasteiger partial charge in [0.05, 0.1) is 11.7 Å². The highest BCUT2D eigenvalue weighted by Gasteiger charge is 2.47. The van der Waals surface area contributed by atoms with E-state index in [0.717, 1.165) is 5.56 Å². The molecule has 2 aromatic heterocycles. The monoisotopic (exact) mass is 432 g/mol. The van der Waals surface area contributed by atoms with Gasteiger partial charge in [-0.3, -0.25) is 14.6 Å². The van der Waals surface area contributed by atoms with Gasteiger partial charge < -0.3 is 19.2 Å². The molecule has 1 saturated heterocycles. The number of aliphatic hydroxyl groups is 1. The van der Waals surface area contributed by atoms with Crippen LogP contribution in [0.15, 0.2) is 70.9 Å². The molecule has 1 aliphatic heterocycles. The molecule has 3 heterocycles. The third-order valence-corrected chi connectivity index (χ3v) is 5.15. The summed E-state index contributed by atoms with van der Waals surface area (Å²) in [5, 5.41) is 11.1. The van der Waals surface area contributed by atoms with Gasteiger partial charge >= 0.3 is 0 Å². The number of carbonyl (C=O) groups excluding carboxylic acids is 2. The molecule has 0 bridgehead atoms. The fourth-order valence-corrected chi connectivity index (χ4v) is 3.75. The van der Waals surface area contributed by atoms with Crippen molar-refractivity contribution >= 4 is 17.4 Å². The van der Waals surface area contributed by atoms with Crippen molar-refractivity contribution in [3.05, 3.63) is 89.1 Å². The van der Waals surface area contributed by atoms with E-state index in [1.165, 1.54) is 4.90 Å². The maximum Gasteiger partial charge on any atom is 0.296 e. The highest BCUT2D eigenvalue weighted by molar-refractivity contribution is 6.46. The van der Waals surface area contributed by atoms with Crippen molar-refractivity contribution in [1.82, 2.24) is 9.88 Å². The Morgan fingerprint density at radius 3 is 2.50 bits per heavy atom. The highest BCUT2D eigenvalue weighted by Crippen LogP contribution is 2.41. The van der Waals surface area contributed by atoms with Gasteiger partial charge in [-0.2, -0.15) is 0 Å². The number of carbonyl (C=O) groups is 2. The summed E-state index contributed by atoms with van der Waals surface area (Å²) in [4.78, 5) is 31.5. The van der Waals surface area contributed by atoms with Crippen LogP contribution in [-0.4, -0.2) is 32.8 Å². The molecule has 1 atom stereocenters. The summed E-state index contributed by atoms with van der Waals surface area (Å²) in [6.07, 6.45) is 3.28. The van der Waals surface area contributed by atoms with Crippen LogP contribution in [0, 0.1) is 6.92 Å². The van der Waals surface area contributed by atoms with Crippen LogP contribution in [0.2, 0.25) is 0 Å². The van der Waals surface area contributed by atoms with Crippen molar-refractivity contribution in [3.8, 4) is 5.75 Å². The fourth-order valence-electron chi connectivity index (χ4n) is 3.75. The van der Waals surface area contributed by atoms with Gasteiger partial charge in [0.2, 0.25) is 0 Å². The zero-order valence-electron chi connectivity index (χ0n) is 18.1. The van der Waals surface area contributed by atoms with Crippen LogP contribution in [0.3, 0.4) is 0 Å². The molecule has 1 N–H and O–H groups in total. The van der Waals surface area contributed by atoms with Gasteiger partial charge in [0, 0.05) is 24.5 Å². The first-order valence-electron chi connectivity index (χ1n) is 10.4. The number of hydrogen-bond acceptors (Lipinski definition) is 6. The second-order valence-corrected chi connectivity index (χ2v) is 7.93. The lowest BCUT2D eigenvalue weighted by Gasteiger charge is -2.23. The first kappa shape index (κ1) is 21.4. The van der Waals surface area contributed by atoms with Gasteiger partial charge in [-0.25, -0.2) is 0 Å². The Balaban J connectivity index is 1.78. The Morgan fingerprint density at radius 2 is 1.91 bits per heavy atom. The van der Waals surface area contributed by atoms with E-state index in [1.54, 1.807) is 61.8 Å². The van der Waals surface area contributed by atoms with Crippen LogP contribution in [0.5, 0.6) is 5.75 Å². The third-order valence-electron chi connectivity index (χ3n) is 5.15. The maximum atomic E-state index is 13.0. The molecule has 0 aliphatic carbocycles. The first-order chi connectivity index (χ1) is 15.3. The first-order valence-corrected chi connectivity index (χ1v) is 10.4. The zero-order chi connectivity index (χ0) is 22.8. The smallest absolute Gasteiger partial charge is 0.296 e. The lowest BCUT2D eigenvalue weighted by atomic mass is 9.99. The summed E-state index contributed by atoms with van der Waals surface area (Å²) in [7, 11) is 0. The normalized spacial score (nSPS) is 17.9. The minimum absolute atomic E-state index is 0.00855. The summed E-state index contributed by atoms with van der Waals surface area (Å²) in [5.41, 5.74) is 1.16. The number of ether oxygens (including phenoxy) is 1. The average molecular weight is 432 g/mol. The van der Waals surface area contributed by atoms with Crippen molar-refractivity contribution in [2.45, 2.75) is 39.5 Å². The largest absolute Gasteiger partial charge is 0.507 e. The topological polar surface area (TPSA) is 92.9 Å². The Kier molecular flexibility index (Phi) is 5.81. The van der Waals surface area contributed by atoms with Crippen LogP contribution < -0.4 is 4.74 Å². The molecule has 164 valence electrons. The van der Waals surface area contributed by atoms with Crippen LogP contribution in [0.25, 0.3) is 5.76 Å². The molecule has 3 aromatic rings. The van der Waals surface area contributed by atoms with E-state index in [-0.39, 0.29) is 24.0 Å². The predicted octanol–water partition coefficient (Wildman–Crippen LogP) is 4.39. The molecule has 1 fully saturated rings. The molecule has 0 radical (unpaired) electrons. The molecule has 1 unspecified atom stereocenters. The Morgan fingerprint density at radius 1 is 1.16 bits per heavy atom. The summed E-state index contributed by atoms with van der Waals surface area (Å²) in [6.45, 7) is 5.77. The van der Waals surface area contributed by atoms with Crippen molar-refractivity contribution in [2.24, 2.45) is 0 Å². The van der Waals surface area contributed by atoms with E-state index in [1.807, 2.05) is 19.9 Å². The van der Waals surface area contributed by atoms with Crippen molar-refractivity contribution in [1.29, 1.82) is 0 Å². The minimum atomic E-state index is -0.851. The molecule has 7 nitrogen and oxygen atoms in total. The number of amides is 1. The fraction of sp³-hybridized carbons (Fsp3) is 0.240. The SMILES string of the molecule is Cc1ccc(C2/C(=C(\O)c3ccc(OC(C)C)cc3)C(=O)C(=O)N2Cc2cccnc2)o1. The van der Waals surface area contributed by atoms with E-state index >= 15 is 0 Å². The van der Waals surface area contributed by atoms with Crippen molar-refractivity contribution < 1.29 is 23.8 Å². The number of benzene rings is 1. The van der Waals surface area contributed by atoms with Gasteiger partial charge in [0.15, 0.2) is 0 Å². The molecular weight excluding hydrogens is 408 g/mol. The van der Waals surface area contributed by atoms with Gasteiger partial charge in [0.1, 0.15) is 29.1 Å². The van der Waals surface area contributed by atoms with E-state index in [4.69, 9.17) is 9.15 Å². The number of ketones is 1. The summed E-state index contributed by atoms with van der Waals surface area (Å²) < 4.78 is 11.4. The lowest BCUT2D eigenvalue weighted by Crippen LogP contribution is -2.29. The van der Waals surface area contributed by atoms with Crippen LogP contribution in [0.4, 0.5) is 0 Å². The van der Waals surface area contributed by atoms with E-state index in [2.05, 4.69) is 4.98 Å². The second-order valence-electron chi connectivity index (χ2n) is 7.93. The number of aliphatic hydroxyl groups excluding tert-OH is 1. The van der Waals surface area contributed by atoms with Gasteiger partial charge in [-0.15, -0.1) is 0 Å². The molecular formula is C25H24N2O5. The lowest BCUT2D eigenvalue weighted by molar-refractivity contribution is -0.140. The number of Topliss-reactive ketones (excluding diaryl/α,β-unsaturated/α-hetero) is 1. The maximum absolute atomic E-state index is 13.0. The van der Waals surface area contributed by atoms with Crippen molar-refractivity contribution in [3.63, 3.8) is 0 Å². The molecule has 7 heteroatoms. The molecule has 0 spiro atoms.